The zero-order chi connectivity index (χ0) is 16.4. The fraction of sp³-hybridized carbons (Fsp3) is 0.500. The monoisotopic (exact) mass is 335 g/mol. The molecular weight excluding hydrogens is 314 g/mol. The fourth-order valence-electron chi connectivity index (χ4n) is 2.77. The van der Waals surface area contributed by atoms with E-state index in [9.17, 15) is 4.79 Å². The van der Waals surface area contributed by atoms with Crippen molar-refractivity contribution < 1.29 is 4.79 Å². The van der Waals surface area contributed by atoms with E-state index in [2.05, 4.69) is 15.2 Å². The third-order valence-electron chi connectivity index (χ3n) is 3.92. The summed E-state index contributed by atoms with van der Waals surface area (Å²) in [6, 6.07) is 3.96. The van der Waals surface area contributed by atoms with Gasteiger partial charge in [-0.15, -0.1) is 0 Å². The number of urea groups is 1. The molecule has 2 aromatic rings. The molecule has 0 atom stereocenters. The number of carbonyl (C=O) groups is 1. The Bertz CT molecular complexity index is 691. The number of imidazole rings is 1. The number of carbonyl (C=O) groups excluding carboxylic acids is 1. The summed E-state index contributed by atoms with van der Waals surface area (Å²) in [5.74, 6) is 0. The van der Waals surface area contributed by atoms with Crippen molar-refractivity contribution >= 4 is 23.3 Å². The number of nitrogens with one attached hydrogen (secondary N) is 1. The zero-order valence-corrected chi connectivity index (χ0v) is 14.3. The van der Waals surface area contributed by atoms with E-state index in [1.165, 1.54) is 0 Å². The van der Waals surface area contributed by atoms with Gasteiger partial charge in [-0.3, -0.25) is 4.90 Å². The molecule has 2 aromatic heterocycles. The van der Waals surface area contributed by atoms with Crippen LogP contribution in [0.2, 0.25) is 5.02 Å². The maximum absolute atomic E-state index is 12.0. The summed E-state index contributed by atoms with van der Waals surface area (Å²) in [5, 5.41) is 3.64. The molecule has 0 aromatic carbocycles. The van der Waals surface area contributed by atoms with E-state index in [1.807, 2.05) is 47.7 Å². The standard InChI is InChI=1S/C16H22ClN5O/c1-12(2)18-16(23)21-7-5-20(6-8-21)10-14-11-22-9-13(17)3-4-15(22)19-14/h3-4,9,11-12H,5-8,10H2,1-2H3,(H,18,23). The van der Waals surface area contributed by atoms with Gasteiger partial charge in [0.25, 0.3) is 0 Å². The summed E-state index contributed by atoms with van der Waals surface area (Å²) in [6.45, 7) is 7.96. The summed E-state index contributed by atoms with van der Waals surface area (Å²) < 4.78 is 1.95. The van der Waals surface area contributed by atoms with E-state index >= 15 is 0 Å². The lowest BCUT2D eigenvalue weighted by molar-refractivity contribution is 0.133. The molecule has 1 saturated heterocycles. The van der Waals surface area contributed by atoms with E-state index in [0.717, 1.165) is 44.1 Å². The first kappa shape index (κ1) is 16.1. The highest BCUT2D eigenvalue weighted by Crippen LogP contribution is 2.14. The Morgan fingerprint density at radius 1 is 1.26 bits per heavy atom. The second-order valence-electron chi connectivity index (χ2n) is 6.21. The highest BCUT2D eigenvalue weighted by Gasteiger charge is 2.21. The molecule has 3 heterocycles. The number of nitrogens with zero attached hydrogens (tertiary/aromatic N) is 4. The van der Waals surface area contributed by atoms with Gasteiger partial charge in [0.2, 0.25) is 0 Å². The summed E-state index contributed by atoms with van der Waals surface area (Å²) in [7, 11) is 0. The molecule has 23 heavy (non-hydrogen) atoms. The fourth-order valence-corrected chi connectivity index (χ4v) is 2.94. The first-order valence-electron chi connectivity index (χ1n) is 7.92. The maximum Gasteiger partial charge on any atom is 0.317 e. The Kier molecular flexibility index (Phi) is 4.73. The van der Waals surface area contributed by atoms with Crippen LogP contribution in [0.15, 0.2) is 24.5 Å². The van der Waals surface area contributed by atoms with Gasteiger partial charge in [-0.25, -0.2) is 9.78 Å². The van der Waals surface area contributed by atoms with Crippen LogP contribution in [0.5, 0.6) is 0 Å². The second kappa shape index (κ2) is 6.76. The lowest BCUT2D eigenvalue weighted by Gasteiger charge is -2.34. The van der Waals surface area contributed by atoms with Crippen LogP contribution in [0.1, 0.15) is 19.5 Å². The molecule has 1 fully saturated rings. The van der Waals surface area contributed by atoms with Crippen LogP contribution in [0, 0.1) is 0 Å². The average Bonchev–Trinajstić information content (AvgIpc) is 2.88. The third kappa shape index (κ3) is 3.95. The van der Waals surface area contributed by atoms with Crippen molar-refractivity contribution in [1.82, 2.24) is 24.5 Å². The summed E-state index contributed by atoms with van der Waals surface area (Å²) in [6.07, 6.45) is 3.88. The molecule has 0 saturated carbocycles. The minimum absolute atomic E-state index is 0.0297. The summed E-state index contributed by atoms with van der Waals surface area (Å²) in [4.78, 5) is 20.8. The van der Waals surface area contributed by atoms with Crippen molar-refractivity contribution in [3.8, 4) is 0 Å². The quantitative estimate of drug-likeness (QED) is 0.935. The van der Waals surface area contributed by atoms with Gasteiger partial charge >= 0.3 is 6.03 Å². The number of piperazine rings is 1. The van der Waals surface area contributed by atoms with Gasteiger partial charge in [0, 0.05) is 51.2 Å². The molecule has 0 bridgehead atoms. The number of hydrogen-bond donors (Lipinski definition) is 1. The molecule has 1 aliphatic heterocycles. The van der Waals surface area contributed by atoms with Crippen LogP contribution >= 0.6 is 11.6 Å². The van der Waals surface area contributed by atoms with Crippen molar-refractivity contribution in [2.45, 2.75) is 26.4 Å². The van der Waals surface area contributed by atoms with E-state index in [1.54, 1.807) is 0 Å². The van der Waals surface area contributed by atoms with Crippen molar-refractivity contribution in [3.05, 3.63) is 35.2 Å². The normalized spacial score (nSPS) is 16.3. The molecule has 0 radical (unpaired) electrons. The van der Waals surface area contributed by atoms with Gasteiger partial charge in [-0.1, -0.05) is 11.6 Å². The van der Waals surface area contributed by atoms with Gasteiger partial charge < -0.3 is 14.6 Å². The Hall–Kier alpha value is -1.79. The summed E-state index contributed by atoms with van der Waals surface area (Å²) in [5.41, 5.74) is 1.92. The van der Waals surface area contributed by atoms with E-state index in [4.69, 9.17) is 11.6 Å². The highest BCUT2D eigenvalue weighted by molar-refractivity contribution is 6.30. The first-order chi connectivity index (χ1) is 11.0. The van der Waals surface area contributed by atoms with Crippen LogP contribution in [0.25, 0.3) is 5.65 Å². The minimum Gasteiger partial charge on any atom is -0.336 e. The van der Waals surface area contributed by atoms with Crippen LogP contribution < -0.4 is 5.32 Å². The van der Waals surface area contributed by atoms with Gasteiger partial charge in [0.1, 0.15) is 5.65 Å². The predicted octanol–water partition coefficient (Wildman–Crippen LogP) is 2.22. The largest absolute Gasteiger partial charge is 0.336 e. The van der Waals surface area contributed by atoms with Crippen molar-refractivity contribution in [2.75, 3.05) is 26.2 Å². The second-order valence-corrected chi connectivity index (χ2v) is 6.65. The van der Waals surface area contributed by atoms with Crippen LogP contribution in [0.3, 0.4) is 0 Å². The molecule has 1 N–H and O–H groups in total. The van der Waals surface area contributed by atoms with Gasteiger partial charge in [-0.2, -0.15) is 0 Å². The Morgan fingerprint density at radius 2 is 2.00 bits per heavy atom. The molecule has 2 amide bonds. The minimum atomic E-state index is 0.0297. The number of fused-ring (bicyclic) bond motifs is 1. The lowest BCUT2D eigenvalue weighted by Crippen LogP contribution is -2.52. The Labute approximate surface area is 141 Å². The van der Waals surface area contributed by atoms with Gasteiger partial charge in [-0.05, 0) is 26.0 Å². The number of pyridine rings is 1. The van der Waals surface area contributed by atoms with E-state index in [-0.39, 0.29) is 12.1 Å². The number of hydrogen-bond acceptors (Lipinski definition) is 3. The molecule has 7 heteroatoms. The molecule has 0 spiro atoms. The molecule has 124 valence electrons. The average molecular weight is 336 g/mol. The van der Waals surface area contributed by atoms with E-state index in [0.29, 0.717) is 5.02 Å². The zero-order valence-electron chi connectivity index (χ0n) is 13.5. The maximum atomic E-state index is 12.0. The Balaban J connectivity index is 1.56. The lowest BCUT2D eigenvalue weighted by atomic mass is 10.3. The van der Waals surface area contributed by atoms with Crippen LogP contribution in [-0.4, -0.2) is 57.4 Å². The predicted molar refractivity (Wildman–Crippen MR) is 90.7 cm³/mol. The first-order valence-corrected chi connectivity index (χ1v) is 8.30. The van der Waals surface area contributed by atoms with Crippen molar-refractivity contribution in [3.63, 3.8) is 0 Å². The third-order valence-corrected chi connectivity index (χ3v) is 4.15. The number of amides is 2. The van der Waals surface area contributed by atoms with Crippen LogP contribution in [-0.2, 0) is 6.54 Å². The SMILES string of the molecule is CC(C)NC(=O)N1CCN(Cc2cn3cc(Cl)ccc3n2)CC1. The van der Waals surface area contributed by atoms with Gasteiger partial charge in [0.15, 0.2) is 0 Å². The topological polar surface area (TPSA) is 52.9 Å². The van der Waals surface area contributed by atoms with Crippen molar-refractivity contribution in [2.24, 2.45) is 0 Å². The molecule has 1 aliphatic rings. The molecule has 0 aliphatic carbocycles. The number of aromatic nitrogens is 2. The molecular formula is C16H22ClN5O. The molecule has 3 rings (SSSR count). The highest BCUT2D eigenvalue weighted by atomic mass is 35.5. The smallest absolute Gasteiger partial charge is 0.317 e. The van der Waals surface area contributed by atoms with Crippen molar-refractivity contribution in [1.29, 1.82) is 0 Å². The van der Waals surface area contributed by atoms with Crippen LogP contribution in [0.4, 0.5) is 4.79 Å². The summed E-state index contributed by atoms with van der Waals surface area (Å²) >= 11 is 6.00. The van der Waals surface area contributed by atoms with E-state index < -0.39 is 0 Å². The molecule has 6 nitrogen and oxygen atoms in total. The number of halogens is 1. The van der Waals surface area contributed by atoms with Gasteiger partial charge in [0.05, 0.1) is 10.7 Å². The Morgan fingerprint density at radius 3 is 2.70 bits per heavy atom. The molecule has 0 unspecified atom stereocenters. The number of rotatable bonds is 3.